The molecule has 0 aromatic rings. The fourth-order valence-corrected chi connectivity index (χ4v) is 1.61. The summed E-state index contributed by atoms with van der Waals surface area (Å²) in [5.74, 6) is 0. The van der Waals surface area contributed by atoms with Crippen LogP contribution >= 0.6 is 0 Å². The van der Waals surface area contributed by atoms with Crippen LogP contribution in [0.5, 0.6) is 0 Å². The van der Waals surface area contributed by atoms with Gasteiger partial charge in [0, 0.05) is 6.04 Å². The minimum Gasteiger partial charge on any atom is -0.445 e. The van der Waals surface area contributed by atoms with E-state index in [0.29, 0.717) is 12.8 Å². The fraction of sp³-hybridized carbons (Fsp3) is 0.750. The average Bonchev–Trinajstić information content (AvgIpc) is 2.03. The number of nitrogens with zero attached hydrogens (tertiary/aromatic N) is 1. The van der Waals surface area contributed by atoms with Crippen molar-refractivity contribution in [3.05, 3.63) is 11.5 Å². The first-order valence-corrected chi connectivity index (χ1v) is 4.46. The summed E-state index contributed by atoms with van der Waals surface area (Å²) >= 11 is 0. The van der Waals surface area contributed by atoms with E-state index in [9.17, 15) is 12.9 Å². The molecule has 0 bridgehead atoms. The Morgan fingerprint density at radius 2 is 1.93 bits per heavy atom. The summed E-state index contributed by atoms with van der Waals surface area (Å²) in [4.78, 5) is 1.98. The van der Waals surface area contributed by atoms with Gasteiger partial charge in [-0.3, -0.25) is 0 Å². The van der Waals surface area contributed by atoms with E-state index in [0.717, 1.165) is 0 Å². The molecule has 76 valence electrons. The van der Waals surface area contributed by atoms with Crippen LogP contribution in [0.4, 0.5) is 12.9 Å². The number of hydrogen-bond acceptors (Lipinski definition) is 1. The molecular weight excluding hydrogens is 217 g/mol. The second-order valence-electron chi connectivity index (χ2n) is 3.75. The first-order chi connectivity index (χ1) is 5.91. The van der Waals surface area contributed by atoms with Crippen molar-refractivity contribution in [1.29, 1.82) is 0 Å². The van der Waals surface area contributed by atoms with Crippen LogP contribution in [0, 0.1) is 0 Å². The summed E-state index contributed by atoms with van der Waals surface area (Å²) in [7, 11) is 3.81. The van der Waals surface area contributed by atoms with Gasteiger partial charge >= 0.3 is 58.4 Å². The molecule has 0 radical (unpaired) electrons. The molecule has 0 saturated carbocycles. The van der Waals surface area contributed by atoms with Crippen LogP contribution in [0.1, 0.15) is 19.3 Å². The van der Waals surface area contributed by atoms with Gasteiger partial charge in [-0.2, -0.15) is 0 Å². The van der Waals surface area contributed by atoms with Crippen molar-refractivity contribution in [3.8, 4) is 0 Å². The number of halogens is 3. The van der Waals surface area contributed by atoms with Crippen molar-refractivity contribution in [3.63, 3.8) is 0 Å². The molecule has 1 aliphatic rings. The van der Waals surface area contributed by atoms with E-state index in [2.05, 4.69) is 0 Å². The molecule has 1 unspecified atom stereocenters. The van der Waals surface area contributed by atoms with Gasteiger partial charge in [-0.05, 0) is 26.9 Å². The Morgan fingerprint density at radius 3 is 2.21 bits per heavy atom. The van der Waals surface area contributed by atoms with Gasteiger partial charge in [-0.15, -0.1) is 11.5 Å². The Bertz CT molecular complexity index is 215. The molecule has 0 aliphatic heterocycles. The molecular formula is C8H14BF3KN. The molecule has 1 nitrogen and oxygen atoms in total. The molecule has 14 heavy (non-hydrogen) atoms. The molecule has 1 rings (SSSR count). The summed E-state index contributed by atoms with van der Waals surface area (Å²) < 4.78 is 36.8. The number of allylic oxidation sites excluding steroid dienone is 1. The zero-order valence-corrected chi connectivity index (χ0v) is 12.1. The van der Waals surface area contributed by atoms with E-state index in [-0.39, 0.29) is 69.3 Å². The molecule has 1 aliphatic carbocycles. The third kappa shape index (κ3) is 4.37. The van der Waals surface area contributed by atoms with Crippen LogP contribution < -0.4 is 51.4 Å². The maximum Gasteiger partial charge on any atom is 1.00 e. The summed E-state index contributed by atoms with van der Waals surface area (Å²) in [6, 6.07) is 0.280. The van der Waals surface area contributed by atoms with E-state index in [4.69, 9.17) is 0 Å². The van der Waals surface area contributed by atoms with E-state index in [1.165, 1.54) is 6.08 Å². The molecule has 0 amide bonds. The minimum absolute atomic E-state index is 0. The van der Waals surface area contributed by atoms with E-state index >= 15 is 0 Å². The van der Waals surface area contributed by atoms with E-state index in [1.807, 2.05) is 19.0 Å². The van der Waals surface area contributed by atoms with Gasteiger partial charge < -0.3 is 17.8 Å². The molecule has 1 atom stereocenters. The summed E-state index contributed by atoms with van der Waals surface area (Å²) in [6.07, 6.45) is 2.70. The molecule has 0 fully saturated rings. The van der Waals surface area contributed by atoms with Crippen molar-refractivity contribution in [2.24, 2.45) is 0 Å². The van der Waals surface area contributed by atoms with Crippen LogP contribution in [0.3, 0.4) is 0 Å². The third-order valence-corrected chi connectivity index (χ3v) is 2.57. The van der Waals surface area contributed by atoms with Gasteiger partial charge in [0.2, 0.25) is 0 Å². The first kappa shape index (κ1) is 15.2. The van der Waals surface area contributed by atoms with Crippen molar-refractivity contribution >= 4 is 6.98 Å². The van der Waals surface area contributed by atoms with Crippen LogP contribution in [0.25, 0.3) is 0 Å². The zero-order chi connectivity index (χ0) is 10.1. The monoisotopic (exact) mass is 231 g/mol. The van der Waals surface area contributed by atoms with Gasteiger partial charge in [0.25, 0.3) is 0 Å². The minimum atomic E-state index is -4.73. The van der Waals surface area contributed by atoms with E-state index < -0.39 is 6.98 Å². The molecule has 0 spiro atoms. The molecule has 0 saturated heterocycles. The first-order valence-electron chi connectivity index (χ1n) is 4.46. The standard InChI is InChI=1S/C8H14BF3N.K/c1-13(2)8-5-3-7(4-6-8)9(10,11)12;/h3,8H,4-6H2,1-2H3;/q-1;+1. The molecule has 0 heterocycles. The number of hydrogen-bond donors (Lipinski definition) is 0. The molecule has 0 N–H and O–H groups in total. The van der Waals surface area contributed by atoms with Gasteiger partial charge in [-0.25, -0.2) is 0 Å². The summed E-state index contributed by atoms with van der Waals surface area (Å²) in [6.45, 7) is -4.73. The van der Waals surface area contributed by atoms with E-state index in [1.54, 1.807) is 0 Å². The average molecular weight is 231 g/mol. The maximum absolute atomic E-state index is 12.3. The van der Waals surface area contributed by atoms with Crippen LogP contribution in [0.2, 0.25) is 0 Å². The van der Waals surface area contributed by atoms with Crippen molar-refractivity contribution in [1.82, 2.24) is 4.90 Å². The van der Waals surface area contributed by atoms with Gasteiger partial charge in [0.15, 0.2) is 0 Å². The number of rotatable bonds is 2. The topological polar surface area (TPSA) is 3.24 Å². The third-order valence-electron chi connectivity index (χ3n) is 2.57. The second kappa shape index (κ2) is 6.06. The Kier molecular flexibility index (Phi) is 6.57. The normalized spacial score (nSPS) is 23.0. The predicted molar refractivity (Wildman–Crippen MR) is 48.5 cm³/mol. The second-order valence-corrected chi connectivity index (χ2v) is 3.75. The Hall–Kier alpha value is 1.19. The Labute approximate surface area is 126 Å². The summed E-state index contributed by atoms with van der Waals surface area (Å²) in [5, 5.41) is 0. The van der Waals surface area contributed by atoms with Gasteiger partial charge in [0.05, 0.1) is 0 Å². The van der Waals surface area contributed by atoms with Crippen LogP contribution in [0.15, 0.2) is 11.5 Å². The van der Waals surface area contributed by atoms with Crippen LogP contribution in [-0.4, -0.2) is 32.0 Å². The largest absolute Gasteiger partial charge is 1.00 e. The molecule has 0 aromatic carbocycles. The quantitative estimate of drug-likeness (QED) is 0.575. The SMILES string of the molecule is CN(C)C1CC=C([B-](F)(F)F)CC1.[K+]. The van der Waals surface area contributed by atoms with Crippen molar-refractivity contribution in [2.75, 3.05) is 14.1 Å². The molecule has 0 aromatic heterocycles. The van der Waals surface area contributed by atoms with Crippen LogP contribution in [-0.2, 0) is 0 Å². The maximum atomic E-state index is 12.3. The predicted octanol–water partition coefficient (Wildman–Crippen LogP) is -0.582. The zero-order valence-electron chi connectivity index (χ0n) is 8.93. The summed E-state index contributed by atoms with van der Waals surface area (Å²) in [5.41, 5.74) is -0.293. The van der Waals surface area contributed by atoms with Gasteiger partial charge in [-0.1, -0.05) is 6.42 Å². The Morgan fingerprint density at radius 1 is 1.36 bits per heavy atom. The smallest absolute Gasteiger partial charge is 0.445 e. The fourth-order valence-electron chi connectivity index (χ4n) is 1.61. The van der Waals surface area contributed by atoms with Crippen molar-refractivity contribution < 1.29 is 64.3 Å². The van der Waals surface area contributed by atoms with Crippen molar-refractivity contribution in [2.45, 2.75) is 25.3 Å². The Balaban J connectivity index is 0.00000169. The van der Waals surface area contributed by atoms with Gasteiger partial charge in [0.1, 0.15) is 0 Å². The molecule has 6 heteroatoms.